The molecule has 1 aromatic carbocycles. The summed E-state index contributed by atoms with van der Waals surface area (Å²) in [6.07, 6.45) is 5.41. The van der Waals surface area contributed by atoms with Crippen molar-refractivity contribution in [1.29, 1.82) is 0 Å². The molecule has 0 radical (unpaired) electrons. The van der Waals surface area contributed by atoms with Crippen molar-refractivity contribution in [3.63, 3.8) is 0 Å². The zero-order valence-corrected chi connectivity index (χ0v) is 10.1. The molecule has 0 aliphatic heterocycles. The van der Waals surface area contributed by atoms with Crippen molar-refractivity contribution in [3.8, 4) is 0 Å². The van der Waals surface area contributed by atoms with Gasteiger partial charge < -0.3 is 5.32 Å². The van der Waals surface area contributed by atoms with E-state index in [-0.39, 0.29) is 0 Å². The Bertz CT molecular complexity index is 316. The van der Waals surface area contributed by atoms with Gasteiger partial charge in [0.15, 0.2) is 0 Å². The Labute approximate surface area is 94.0 Å². The summed E-state index contributed by atoms with van der Waals surface area (Å²) in [6.45, 7) is 2.15. The molecule has 0 aromatic heterocycles. The van der Waals surface area contributed by atoms with E-state index >= 15 is 0 Å². The molecule has 2 heteroatoms. The molecular formula is C12H16BrN. The summed E-state index contributed by atoms with van der Waals surface area (Å²) < 4.78 is 1.19. The molecule has 0 unspecified atom stereocenters. The van der Waals surface area contributed by atoms with Crippen LogP contribution in [0.5, 0.6) is 0 Å². The second-order valence-electron chi connectivity index (χ2n) is 4.04. The zero-order chi connectivity index (χ0) is 9.97. The van der Waals surface area contributed by atoms with E-state index in [4.69, 9.17) is 0 Å². The van der Waals surface area contributed by atoms with Gasteiger partial charge in [-0.2, -0.15) is 0 Å². The van der Waals surface area contributed by atoms with E-state index < -0.39 is 0 Å². The highest BCUT2D eigenvalue weighted by Gasteiger charge is 2.15. The average Bonchev–Trinajstić information content (AvgIpc) is 2.66. The van der Waals surface area contributed by atoms with Crippen LogP contribution in [0.15, 0.2) is 22.7 Å². The molecule has 76 valence electrons. The van der Waals surface area contributed by atoms with Crippen LogP contribution in [-0.2, 0) is 0 Å². The number of halogens is 1. The van der Waals surface area contributed by atoms with Gasteiger partial charge in [0.25, 0.3) is 0 Å². The van der Waals surface area contributed by atoms with Crippen molar-refractivity contribution in [3.05, 3.63) is 28.2 Å². The molecule has 1 aromatic rings. The lowest BCUT2D eigenvalue weighted by Gasteiger charge is -2.16. The molecule has 0 atom stereocenters. The molecule has 0 saturated heterocycles. The van der Waals surface area contributed by atoms with Crippen LogP contribution in [0, 0.1) is 6.92 Å². The monoisotopic (exact) mass is 253 g/mol. The second-order valence-corrected chi connectivity index (χ2v) is 4.89. The van der Waals surface area contributed by atoms with E-state index in [2.05, 4.69) is 46.4 Å². The lowest BCUT2D eigenvalue weighted by Crippen LogP contribution is -2.15. The van der Waals surface area contributed by atoms with Gasteiger partial charge in [0, 0.05) is 16.2 Å². The van der Waals surface area contributed by atoms with Crippen molar-refractivity contribution in [2.75, 3.05) is 5.32 Å². The van der Waals surface area contributed by atoms with E-state index in [1.165, 1.54) is 41.4 Å². The average molecular weight is 254 g/mol. The highest BCUT2D eigenvalue weighted by molar-refractivity contribution is 9.10. The highest BCUT2D eigenvalue weighted by Crippen LogP contribution is 2.27. The van der Waals surface area contributed by atoms with Gasteiger partial charge in [0.2, 0.25) is 0 Å². The minimum atomic E-state index is 0.697. The van der Waals surface area contributed by atoms with Gasteiger partial charge in [-0.05, 0) is 37.5 Å². The Balaban J connectivity index is 2.11. The maximum absolute atomic E-state index is 3.62. The highest BCUT2D eigenvalue weighted by atomic mass is 79.9. The fourth-order valence-electron chi connectivity index (χ4n) is 2.05. The van der Waals surface area contributed by atoms with Crippen LogP contribution in [-0.4, -0.2) is 6.04 Å². The van der Waals surface area contributed by atoms with E-state index in [0.29, 0.717) is 6.04 Å². The van der Waals surface area contributed by atoms with E-state index in [0.717, 1.165) is 0 Å². The minimum absolute atomic E-state index is 0.697. The summed E-state index contributed by atoms with van der Waals surface area (Å²) in [5, 5.41) is 3.62. The van der Waals surface area contributed by atoms with Crippen molar-refractivity contribution in [2.24, 2.45) is 0 Å². The molecule has 1 aliphatic carbocycles. The summed E-state index contributed by atoms with van der Waals surface area (Å²) in [4.78, 5) is 0. The maximum Gasteiger partial charge on any atom is 0.0383 e. The van der Waals surface area contributed by atoms with Crippen LogP contribution in [0.2, 0.25) is 0 Å². The third kappa shape index (κ3) is 2.11. The first-order valence-corrected chi connectivity index (χ1v) is 6.08. The summed E-state index contributed by atoms with van der Waals surface area (Å²) in [5.41, 5.74) is 2.60. The zero-order valence-electron chi connectivity index (χ0n) is 8.52. The van der Waals surface area contributed by atoms with Crippen LogP contribution in [0.1, 0.15) is 31.2 Å². The smallest absolute Gasteiger partial charge is 0.0383 e. The number of nitrogens with one attached hydrogen (secondary N) is 1. The Morgan fingerprint density at radius 1 is 1.29 bits per heavy atom. The predicted octanol–water partition coefficient (Wildman–Crippen LogP) is 4.11. The van der Waals surface area contributed by atoms with Gasteiger partial charge in [-0.25, -0.2) is 0 Å². The molecule has 14 heavy (non-hydrogen) atoms. The maximum atomic E-state index is 3.62. The van der Waals surface area contributed by atoms with Crippen LogP contribution in [0.25, 0.3) is 0 Å². The molecular weight excluding hydrogens is 238 g/mol. The fraction of sp³-hybridized carbons (Fsp3) is 0.500. The lowest BCUT2D eigenvalue weighted by atomic mass is 10.1. The normalized spacial score (nSPS) is 17.3. The van der Waals surface area contributed by atoms with E-state index in [1.54, 1.807) is 0 Å². The van der Waals surface area contributed by atoms with Crippen molar-refractivity contribution >= 4 is 21.6 Å². The second kappa shape index (κ2) is 4.35. The number of anilines is 1. The van der Waals surface area contributed by atoms with Gasteiger partial charge in [-0.1, -0.05) is 34.8 Å². The van der Waals surface area contributed by atoms with Crippen LogP contribution >= 0.6 is 15.9 Å². The number of hydrogen-bond acceptors (Lipinski definition) is 1. The molecule has 1 saturated carbocycles. The fourth-order valence-corrected chi connectivity index (χ4v) is 2.42. The largest absolute Gasteiger partial charge is 0.382 e. The standard InChI is InChI=1S/C12H16BrN/c1-9-11(13)7-4-8-12(9)14-10-5-2-3-6-10/h4,7-8,10,14H,2-3,5-6H2,1H3. The lowest BCUT2D eigenvalue weighted by molar-refractivity contribution is 0.754. The van der Waals surface area contributed by atoms with Crippen molar-refractivity contribution < 1.29 is 0 Å². The number of benzene rings is 1. The first kappa shape index (κ1) is 10.0. The summed E-state index contributed by atoms with van der Waals surface area (Å²) >= 11 is 3.56. The SMILES string of the molecule is Cc1c(Br)cccc1NC1CCCC1. The van der Waals surface area contributed by atoms with E-state index in [9.17, 15) is 0 Å². The molecule has 1 nitrogen and oxygen atoms in total. The topological polar surface area (TPSA) is 12.0 Å². The van der Waals surface area contributed by atoms with Gasteiger partial charge >= 0.3 is 0 Å². The van der Waals surface area contributed by atoms with E-state index in [1.807, 2.05) is 0 Å². The molecule has 2 rings (SSSR count). The van der Waals surface area contributed by atoms with Crippen LogP contribution < -0.4 is 5.32 Å². The van der Waals surface area contributed by atoms with Crippen LogP contribution in [0.3, 0.4) is 0 Å². The molecule has 1 fully saturated rings. The third-order valence-electron chi connectivity index (χ3n) is 2.98. The van der Waals surface area contributed by atoms with Crippen molar-refractivity contribution in [2.45, 2.75) is 38.6 Å². The summed E-state index contributed by atoms with van der Waals surface area (Å²) in [7, 11) is 0. The molecule has 0 amide bonds. The quantitative estimate of drug-likeness (QED) is 0.837. The van der Waals surface area contributed by atoms with Crippen molar-refractivity contribution in [1.82, 2.24) is 0 Å². The Kier molecular flexibility index (Phi) is 3.12. The first-order valence-electron chi connectivity index (χ1n) is 5.29. The number of hydrogen-bond donors (Lipinski definition) is 1. The third-order valence-corrected chi connectivity index (χ3v) is 3.84. The van der Waals surface area contributed by atoms with Gasteiger partial charge in [0.05, 0.1) is 0 Å². The molecule has 1 N–H and O–H groups in total. The predicted molar refractivity (Wildman–Crippen MR) is 64.8 cm³/mol. The van der Waals surface area contributed by atoms with Gasteiger partial charge in [-0.15, -0.1) is 0 Å². The Morgan fingerprint density at radius 3 is 2.71 bits per heavy atom. The van der Waals surface area contributed by atoms with Gasteiger partial charge in [0.1, 0.15) is 0 Å². The molecule has 0 heterocycles. The van der Waals surface area contributed by atoms with Gasteiger partial charge in [-0.3, -0.25) is 0 Å². The van der Waals surface area contributed by atoms with Crippen LogP contribution in [0.4, 0.5) is 5.69 Å². The first-order chi connectivity index (χ1) is 6.77. The Hall–Kier alpha value is -0.500. The summed E-state index contributed by atoms with van der Waals surface area (Å²) in [5.74, 6) is 0. The molecule has 0 bridgehead atoms. The Morgan fingerprint density at radius 2 is 2.00 bits per heavy atom. The molecule has 1 aliphatic rings. The summed E-state index contributed by atoms with van der Waals surface area (Å²) in [6, 6.07) is 7.05. The number of rotatable bonds is 2. The minimum Gasteiger partial charge on any atom is -0.382 e. The molecule has 0 spiro atoms.